The van der Waals surface area contributed by atoms with E-state index in [4.69, 9.17) is 0 Å². The molecule has 2 aliphatic carbocycles. The van der Waals surface area contributed by atoms with E-state index in [1.165, 1.54) is 51.4 Å². The summed E-state index contributed by atoms with van der Waals surface area (Å²) in [4.78, 5) is 0. The quantitative estimate of drug-likeness (QED) is 0.702. The fourth-order valence-electron chi connectivity index (χ4n) is 2.80. The zero-order valence-electron chi connectivity index (χ0n) is 10.8. The van der Waals surface area contributed by atoms with Crippen LogP contribution in [-0.4, -0.2) is 25.2 Å². The van der Waals surface area contributed by atoms with E-state index < -0.39 is 0 Å². The van der Waals surface area contributed by atoms with Gasteiger partial charge in [0, 0.05) is 25.2 Å². The molecule has 2 atom stereocenters. The van der Waals surface area contributed by atoms with Crippen LogP contribution < -0.4 is 10.6 Å². The maximum absolute atomic E-state index is 3.72. The third-order valence-corrected chi connectivity index (χ3v) is 4.18. The lowest BCUT2D eigenvalue weighted by Gasteiger charge is -2.21. The molecule has 0 heterocycles. The highest BCUT2D eigenvalue weighted by Crippen LogP contribution is 2.28. The average Bonchev–Trinajstić information content (AvgIpc) is 2.92. The van der Waals surface area contributed by atoms with Crippen molar-refractivity contribution in [1.29, 1.82) is 0 Å². The molecule has 2 fully saturated rings. The second-order valence-electron chi connectivity index (χ2n) is 5.77. The molecular weight excluding hydrogens is 196 g/mol. The van der Waals surface area contributed by atoms with Crippen molar-refractivity contribution in [2.45, 2.75) is 70.4 Å². The summed E-state index contributed by atoms with van der Waals surface area (Å²) >= 11 is 0. The minimum Gasteiger partial charge on any atom is -0.313 e. The molecule has 2 N–H and O–H groups in total. The van der Waals surface area contributed by atoms with Crippen LogP contribution in [0.3, 0.4) is 0 Å². The summed E-state index contributed by atoms with van der Waals surface area (Å²) in [6, 6.07) is 1.64. The number of hydrogen-bond acceptors (Lipinski definition) is 2. The first-order valence-corrected chi connectivity index (χ1v) is 7.33. The zero-order chi connectivity index (χ0) is 11.2. The van der Waals surface area contributed by atoms with Crippen LogP contribution in [0.15, 0.2) is 0 Å². The van der Waals surface area contributed by atoms with Crippen molar-refractivity contribution in [3.63, 3.8) is 0 Å². The van der Waals surface area contributed by atoms with E-state index in [0.717, 1.165) is 31.1 Å². The maximum Gasteiger partial charge on any atom is 0.00969 e. The van der Waals surface area contributed by atoms with Gasteiger partial charge in [-0.25, -0.2) is 0 Å². The van der Waals surface area contributed by atoms with Gasteiger partial charge in [0.25, 0.3) is 0 Å². The van der Waals surface area contributed by atoms with E-state index in [2.05, 4.69) is 17.6 Å². The van der Waals surface area contributed by atoms with Gasteiger partial charge in [0.1, 0.15) is 0 Å². The molecule has 0 aliphatic heterocycles. The predicted octanol–water partition coefficient (Wildman–Crippen LogP) is 2.69. The van der Waals surface area contributed by atoms with Gasteiger partial charge in [-0.1, -0.05) is 39.0 Å². The van der Waals surface area contributed by atoms with Crippen LogP contribution in [0.1, 0.15) is 58.3 Å². The molecule has 16 heavy (non-hydrogen) atoms. The Hall–Kier alpha value is -0.0800. The average molecular weight is 224 g/mol. The van der Waals surface area contributed by atoms with Crippen LogP contribution in [0.2, 0.25) is 0 Å². The Balaban J connectivity index is 1.50. The summed E-state index contributed by atoms with van der Waals surface area (Å²) in [7, 11) is 0. The number of hydrogen-bond donors (Lipinski definition) is 2. The van der Waals surface area contributed by atoms with Crippen LogP contribution in [-0.2, 0) is 0 Å². The predicted molar refractivity (Wildman–Crippen MR) is 69.7 cm³/mol. The van der Waals surface area contributed by atoms with Gasteiger partial charge in [-0.2, -0.15) is 0 Å². The second-order valence-corrected chi connectivity index (χ2v) is 5.77. The van der Waals surface area contributed by atoms with Gasteiger partial charge in [0.2, 0.25) is 0 Å². The van der Waals surface area contributed by atoms with Crippen LogP contribution in [0.4, 0.5) is 0 Å². The summed E-state index contributed by atoms with van der Waals surface area (Å²) in [6.45, 7) is 4.65. The Labute approximate surface area is 101 Å². The Kier molecular flexibility index (Phi) is 5.11. The van der Waals surface area contributed by atoms with E-state index in [1.807, 2.05) is 0 Å². The summed E-state index contributed by atoms with van der Waals surface area (Å²) < 4.78 is 0. The highest BCUT2D eigenvalue weighted by atomic mass is 15.0. The van der Waals surface area contributed by atoms with Crippen molar-refractivity contribution in [2.24, 2.45) is 5.92 Å². The lowest BCUT2D eigenvalue weighted by molar-refractivity contribution is 0.388. The normalized spacial score (nSPS) is 32.1. The molecule has 0 bridgehead atoms. The largest absolute Gasteiger partial charge is 0.313 e. The van der Waals surface area contributed by atoms with Gasteiger partial charge in [-0.05, 0) is 25.2 Å². The lowest BCUT2D eigenvalue weighted by Crippen LogP contribution is -2.36. The van der Waals surface area contributed by atoms with Crippen molar-refractivity contribution in [2.75, 3.05) is 13.1 Å². The lowest BCUT2D eigenvalue weighted by atomic mass is 9.97. The molecule has 0 amide bonds. The molecule has 2 rings (SSSR count). The first-order valence-electron chi connectivity index (χ1n) is 7.33. The highest BCUT2D eigenvalue weighted by molar-refractivity contribution is 4.89. The molecular formula is C14H28N2. The summed E-state index contributed by atoms with van der Waals surface area (Å²) in [5, 5.41) is 7.34. The molecule has 0 aromatic heterocycles. The fourth-order valence-corrected chi connectivity index (χ4v) is 2.80. The standard InChI is InChI=1S/C14H28N2/c1-12-11-14(12)16-10-9-15-13-7-5-3-2-4-6-8-13/h12-16H,2-11H2,1H3. The van der Waals surface area contributed by atoms with Crippen LogP contribution in [0, 0.1) is 5.92 Å². The van der Waals surface area contributed by atoms with Gasteiger partial charge >= 0.3 is 0 Å². The molecule has 2 unspecified atom stereocenters. The van der Waals surface area contributed by atoms with Crippen molar-refractivity contribution < 1.29 is 0 Å². The third kappa shape index (κ3) is 4.42. The van der Waals surface area contributed by atoms with Crippen LogP contribution in [0.25, 0.3) is 0 Å². The highest BCUT2D eigenvalue weighted by Gasteiger charge is 2.31. The minimum absolute atomic E-state index is 0.804. The molecule has 2 nitrogen and oxygen atoms in total. The van der Waals surface area contributed by atoms with Crippen molar-refractivity contribution in [3.8, 4) is 0 Å². The topological polar surface area (TPSA) is 24.1 Å². The van der Waals surface area contributed by atoms with Crippen molar-refractivity contribution in [1.82, 2.24) is 10.6 Å². The van der Waals surface area contributed by atoms with E-state index in [1.54, 1.807) is 0 Å². The molecule has 2 aliphatic rings. The third-order valence-electron chi connectivity index (χ3n) is 4.18. The number of nitrogens with one attached hydrogen (secondary N) is 2. The minimum atomic E-state index is 0.804. The van der Waals surface area contributed by atoms with Crippen molar-refractivity contribution >= 4 is 0 Å². The molecule has 2 heteroatoms. The van der Waals surface area contributed by atoms with Gasteiger partial charge < -0.3 is 10.6 Å². The van der Waals surface area contributed by atoms with E-state index >= 15 is 0 Å². The van der Waals surface area contributed by atoms with Gasteiger partial charge in [-0.15, -0.1) is 0 Å². The second kappa shape index (κ2) is 6.61. The Morgan fingerprint density at radius 2 is 1.44 bits per heavy atom. The van der Waals surface area contributed by atoms with Crippen molar-refractivity contribution in [3.05, 3.63) is 0 Å². The molecule has 0 aromatic rings. The summed E-state index contributed by atoms with van der Waals surface area (Å²) in [5.41, 5.74) is 0. The first-order chi connectivity index (χ1) is 7.86. The zero-order valence-corrected chi connectivity index (χ0v) is 10.8. The first kappa shape index (κ1) is 12.4. The molecule has 0 aromatic carbocycles. The monoisotopic (exact) mass is 224 g/mol. The molecule has 0 radical (unpaired) electrons. The molecule has 94 valence electrons. The van der Waals surface area contributed by atoms with Crippen LogP contribution in [0.5, 0.6) is 0 Å². The maximum atomic E-state index is 3.72. The SMILES string of the molecule is CC1CC1NCCNC1CCCCCCC1. The van der Waals surface area contributed by atoms with Gasteiger partial charge in [0.05, 0.1) is 0 Å². The Bertz CT molecular complexity index is 185. The fraction of sp³-hybridized carbons (Fsp3) is 1.00. The number of rotatable bonds is 5. The van der Waals surface area contributed by atoms with Gasteiger partial charge in [0.15, 0.2) is 0 Å². The smallest absolute Gasteiger partial charge is 0.00969 e. The van der Waals surface area contributed by atoms with Gasteiger partial charge in [-0.3, -0.25) is 0 Å². The summed E-state index contributed by atoms with van der Waals surface area (Å²) in [6.07, 6.45) is 11.4. The molecule has 0 spiro atoms. The van der Waals surface area contributed by atoms with E-state index in [-0.39, 0.29) is 0 Å². The van der Waals surface area contributed by atoms with Crippen LogP contribution >= 0.6 is 0 Å². The summed E-state index contributed by atoms with van der Waals surface area (Å²) in [5.74, 6) is 0.932. The molecule has 2 saturated carbocycles. The Morgan fingerprint density at radius 1 is 0.875 bits per heavy atom. The van der Waals surface area contributed by atoms with E-state index in [9.17, 15) is 0 Å². The molecule has 0 saturated heterocycles. The Morgan fingerprint density at radius 3 is 2.06 bits per heavy atom. The van der Waals surface area contributed by atoms with E-state index in [0.29, 0.717) is 0 Å².